The summed E-state index contributed by atoms with van der Waals surface area (Å²) in [7, 11) is 1.39. The van der Waals surface area contributed by atoms with E-state index < -0.39 is 34.8 Å². The van der Waals surface area contributed by atoms with Gasteiger partial charge in [0, 0.05) is 26.4 Å². The van der Waals surface area contributed by atoms with E-state index in [0.29, 0.717) is 24.9 Å². The molecule has 0 aliphatic carbocycles. The van der Waals surface area contributed by atoms with Gasteiger partial charge in [0.2, 0.25) is 5.43 Å². The standard InChI is InChI=1S/C23H29F2N3O4/c1-13(32-2)28-12-17(23(30)31)22(29)16-11-18(24)21(19(25)20(16)28)27-9-5-15(6-10-27)14-3-7-26-8-4-14/h11-15,26H,3-10H2,1-2H3,(H,30,31). The van der Waals surface area contributed by atoms with E-state index in [2.05, 4.69) is 5.32 Å². The van der Waals surface area contributed by atoms with Gasteiger partial charge in [-0.2, -0.15) is 0 Å². The van der Waals surface area contributed by atoms with Gasteiger partial charge in [-0.25, -0.2) is 13.6 Å². The third-order valence-electron chi connectivity index (χ3n) is 7.05. The normalized spacial score (nSPS) is 19.4. The Labute approximate surface area is 185 Å². The van der Waals surface area contributed by atoms with Crippen molar-refractivity contribution < 1.29 is 23.4 Å². The molecule has 2 saturated heterocycles. The van der Waals surface area contributed by atoms with Crippen LogP contribution in [0.2, 0.25) is 0 Å². The highest BCUT2D eigenvalue weighted by Crippen LogP contribution is 2.36. The number of nitrogens with zero attached hydrogens (tertiary/aromatic N) is 2. The minimum atomic E-state index is -1.46. The van der Waals surface area contributed by atoms with Crippen molar-refractivity contribution in [2.45, 2.75) is 38.8 Å². The Morgan fingerprint density at radius 1 is 1.19 bits per heavy atom. The van der Waals surface area contributed by atoms with Gasteiger partial charge in [0.25, 0.3) is 0 Å². The van der Waals surface area contributed by atoms with Gasteiger partial charge in [-0.05, 0) is 63.6 Å². The van der Waals surface area contributed by atoms with Crippen LogP contribution in [0.5, 0.6) is 0 Å². The number of halogens is 2. The molecule has 174 valence electrons. The Balaban J connectivity index is 1.74. The van der Waals surface area contributed by atoms with Gasteiger partial charge < -0.3 is 24.6 Å². The summed E-state index contributed by atoms with van der Waals surface area (Å²) in [6.45, 7) is 4.71. The maximum absolute atomic E-state index is 15.8. The molecule has 0 saturated carbocycles. The molecule has 7 nitrogen and oxygen atoms in total. The molecule has 2 aliphatic rings. The van der Waals surface area contributed by atoms with Crippen molar-refractivity contribution in [1.29, 1.82) is 0 Å². The number of methoxy groups -OCH3 is 1. The van der Waals surface area contributed by atoms with Crippen LogP contribution >= 0.6 is 0 Å². The van der Waals surface area contributed by atoms with Crippen LogP contribution in [0.3, 0.4) is 0 Å². The summed E-state index contributed by atoms with van der Waals surface area (Å²) in [5, 5.41) is 12.4. The summed E-state index contributed by atoms with van der Waals surface area (Å²) in [5.41, 5.74) is -1.79. The lowest BCUT2D eigenvalue weighted by atomic mass is 9.79. The summed E-state index contributed by atoms with van der Waals surface area (Å²) in [4.78, 5) is 25.9. The number of piperidine rings is 2. The highest BCUT2D eigenvalue weighted by Gasteiger charge is 2.31. The number of nitrogens with one attached hydrogen (secondary N) is 1. The fourth-order valence-electron chi connectivity index (χ4n) is 5.18. The predicted octanol–water partition coefficient (Wildman–Crippen LogP) is 3.36. The lowest BCUT2D eigenvalue weighted by Gasteiger charge is -2.39. The number of anilines is 1. The van der Waals surface area contributed by atoms with Crippen LogP contribution in [0.1, 0.15) is 49.2 Å². The summed E-state index contributed by atoms with van der Waals surface area (Å²) in [5.74, 6) is -1.99. The van der Waals surface area contributed by atoms with Crippen LogP contribution in [-0.4, -0.2) is 48.9 Å². The molecule has 32 heavy (non-hydrogen) atoms. The number of hydrogen-bond donors (Lipinski definition) is 2. The molecule has 2 fully saturated rings. The van der Waals surface area contributed by atoms with Crippen LogP contribution in [0, 0.1) is 23.5 Å². The van der Waals surface area contributed by atoms with E-state index in [9.17, 15) is 14.7 Å². The molecule has 2 N–H and O–H groups in total. The SMILES string of the molecule is COC(C)n1cc(C(=O)O)c(=O)c2cc(F)c(N3CCC(C4CCNCC4)CC3)c(F)c21. The van der Waals surface area contributed by atoms with E-state index in [0.717, 1.165) is 51.0 Å². The second-order valence-electron chi connectivity index (χ2n) is 8.75. The molecule has 0 bridgehead atoms. The fraction of sp³-hybridized carbons (Fsp3) is 0.565. The molecule has 1 unspecified atom stereocenters. The Hall–Kier alpha value is -2.52. The largest absolute Gasteiger partial charge is 0.477 e. The van der Waals surface area contributed by atoms with E-state index in [4.69, 9.17) is 4.74 Å². The third-order valence-corrected chi connectivity index (χ3v) is 7.05. The summed E-state index contributed by atoms with van der Waals surface area (Å²) in [6.07, 6.45) is 4.30. The molecule has 9 heteroatoms. The molecule has 3 heterocycles. The highest BCUT2D eigenvalue weighted by molar-refractivity contribution is 5.94. The lowest BCUT2D eigenvalue weighted by Crippen LogP contribution is -2.40. The van der Waals surface area contributed by atoms with Crippen LogP contribution in [-0.2, 0) is 4.74 Å². The van der Waals surface area contributed by atoms with E-state index in [1.165, 1.54) is 11.7 Å². The van der Waals surface area contributed by atoms with Gasteiger partial charge in [-0.15, -0.1) is 0 Å². The first kappa shape index (κ1) is 22.7. The number of aromatic carboxylic acids is 1. The molecule has 1 aromatic carbocycles. The van der Waals surface area contributed by atoms with Gasteiger partial charge >= 0.3 is 5.97 Å². The maximum atomic E-state index is 15.8. The lowest BCUT2D eigenvalue weighted by molar-refractivity contribution is 0.0616. The molecule has 2 aromatic rings. The van der Waals surface area contributed by atoms with E-state index >= 15 is 8.78 Å². The van der Waals surface area contributed by atoms with Crippen molar-refractivity contribution in [1.82, 2.24) is 9.88 Å². The van der Waals surface area contributed by atoms with E-state index in [1.807, 2.05) is 0 Å². The number of ether oxygens (including phenoxy) is 1. The Morgan fingerprint density at radius 3 is 2.41 bits per heavy atom. The molecule has 0 spiro atoms. The number of benzene rings is 1. The predicted molar refractivity (Wildman–Crippen MR) is 117 cm³/mol. The number of aromatic nitrogens is 1. The molecule has 2 aliphatic heterocycles. The number of carboxylic acid groups (broad SMARTS) is 1. The van der Waals surface area contributed by atoms with Gasteiger partial charge in [-0.1, -0.05) is 0 Å². The fourth-order valence-corrected chi connectivity index (χ4v) is 5.18. The van der Waals surface area contributed by atoms with Crippen LogP contribution in [0.15, 0.2) is 17.1 Å². The maximum Gasteiger partial charge on any atom is 0.341 e. The molecule has 0 radical (unpaired) electrons. The smallest absolute Gasteiger partial charge is 0.341 e. The topological polar surface area (TPSA) is 83.8 Å². The molecule has 1 atom stereocenters. The van der Waals surface area contributed by atoms with Gasteiger partial charge in [-0.3, -0.25) is 4.79 Å². The van der Waals surface area contributed by atoms with Gasteiger partial charge in [0.15, 0.2) is 5.82 Å². The minimum absolute atomic E-state index is 0.147. The zero-order valence-corrected chi connectivity index (χ0v) is 18.4. The van der Waals surface area contributed by atoms with Crippen molar-refractivity contribution in [2.24, 2.45) is 11.8 Å². The van der Waals surface area contributed by atoms with Crippen molar-refractivity contribution >= 4 is 22.6 Å². The van der Waals surface area contributed by atoms with Crippen LogP contribution in [0.4, 0.5) is 14.5 Å². The van der Waals surface area contributed by atoms with Gasteiger partial charge in [0.05, 0.1) is 10.9 Å². The number of fused-ring (bicyclic) bond motifs is 1. The number of hydrogen-bond acceptors (Lipinski definition) is 5. The zero-order valence-electron chi connectivity index (χ0n) is 18.4. The van der Waals surface area contributed by atoms with Crippen molar-refractivity contribution in [3.8, 4) is 0 Å². The molecule has 0 amide bonds. The summed E-state index contributed by atoms with van der Waals surface area (Å²) in [6, 6.07) is 0.959. The molecular weight excluding hydrogens is 420 g/mol. The minimum Gasteiger partial charge on any atom is -0.477 e. The quantitative estimate of drug-likeness (QED) is 0.728. The van der Waals surface area contributed by atoms with E-state index in [1.54, 1.807) is 11.8 Å². The number of rotatable bonds is 5. The van der Waals surface area contributed by atoms with Crippen LogP contribution in [0.25, 0.3) is 10.9 Å². The molecule has 4 rings (SSSR count). The summed E-state index contributed by atoms with van der Waals surface area (Å²) < 4.78 is 37.4. The third kappa shape index (κ3) is 3.99. The Kier molecular flexibility index (Phi) is 6.48. The number of carboxylic acids is 1. The summed E-state index contributed by atoms with van der Waals surface area (Å²) >= 11 is 0. The highest BCUT2D eigenvalue weighted by atomic mass is 19.1. The Morgan fingerprint density at radius 2 is 1.81 bits per heavy atom. The first-order chi connectivity index (χ1) is 15.3. The second kappa shape index (κ2) is 9.15. The van der Waals surface area contributed by atoms with Crippen molar-refractivity contribution in [3.63, 3.8) is 0 Å². The van der Waals surface area contributed by atoms with E-state index in [-0.39, 0.29) is 16.6 Å². The van der Waals surface area contributed by atoms with Gasteiger partial charge in [0.1, 0.15) is 23.3 Å². The zero-order chi connectivity index (χ0) is 23.0. The monoisotopic (exact) mass is 449 g/mol. The number of carbonyl (C=O) groups is 1. The molecule has 1 aromatic heterocycles. The first-order valence-corrected chi connectivity index (χ1v) is 11.1. The van der Waals surface area contributed by atoms with Crippen molar-refractivity contribution in [2.75, 3.05) is 38.2 Å². The van der Waals surface area contributed by atoms with Crippen molar-refractivity contribution in [3.05, 3.63) is 39.7 Å². The average molecular weight is 449 g/mol. The number of pyridine rings is 1. The Bertz CT molecular complexity index is 1070. The second-order valence-corrected chi connectivity index (χ2v) is 8.75. The molecular formula is C23H29F2N3O4. The average Bonchev–Trinajstić information content (AvgIpc) is 2.80. The first-order valence-electron chi connectivity index (χ1n) is 11.1. The van der Waals surface area contributed by atoms with Crippen LogP contribution < -0.4 is 15.6 Å².